The molecule has 2 aliphatic rings. The molecule has 0 aliphatic carbocycles. The van der Waals surface area contributed by atoms with Crippen molar-refractivity contribution in [2.75, 3.05) is 18.1 Å². The fourth-order valence-corrected chi connectivity index (χ4v) is 4.83. The van der Waals surface area contributed by atoms with Gasteiger partial charge in [0.1, 0.15) is 22.8 Å². The minimum Gasteiger partial charge on any atom is -0.479 e. The highest BCUT2D eigenvalue weighted by molar-refractivity contribution is 8.00. The van der Waals surface area contributed by atoms with Crippen molar-refractivity contribution >= 4 is 69.3 Å². The zero-order chi connectivity index (χ0) is 22.7. The molecule has 1 fully saturated rings. The minimum absolute atomic E-state index is 0.0333. The molecule has 3 rings (SSSR count). The number of aliphatic carboxylic acids is 2. The van der Waals surface area contributed by atoms with E-state index in [-0.39, 0.29) is 28.0 Å². The number of nitrogens with zero attached hydrogens (tertiary/aromatic N) is 3. The number of carbonyl (C=O) groups excluding carboxylic acids is 2. The molecular weight excluding hydrogens is 474 g/mol. The van der Waals surface area contributed by atoms with Crippen LogP contribution < -0.4 is 11.1 Å². The van der Waals surface area contributed by atoms with Gasteiger partial charge in [-0.1, -0.05) is 16.8 Å². The fourth-order valence-electron chi connectivity index (χ4n) is 2.81. The van der Waals surface area contributed by atoms with Gasteiger partial charge in [-0.05, 0) is 11.6 Å². The van der Waals surface area contributed by atoms with Gasteiger partial charge in [0.05, 0.1) is 0 Å². The zero-order valence-corrected chi connectivity index (χ0v) is 17.7. The van der Waals surface area contributed by atoms with Crippen molar-refractivity contribution in [3.63, 3.8) is 0 Å². The normalized spacial score (nSPS) is 21.0. The highest BCUT2D eigenvalue weighted by Crippen LogP contribution is 2.40. The van der Waals surface area contributed by atoms with E-state index in [1.165, 1.54) is 23.2 Å². The van der Waals surface area contributed by atoms with Crippen molar-refractivity contribution in [3.8, 4) is 0 Å². The highest BCUT2D eigenvalue weighted by Gasteiger charge is 2.54. The lowest BCUT2D eigenvalue weighted by Gasteiger charge is -2.49. The van der Waals surface area contributed by atoms with Gasteiger partial charge in [-0.15, -0.1) is 23.1 Å². The Morgan fingerprint density at radius 3 is 2.77 bits per heavy atom. The number of β-lactam (4-membered cyclic amide) rings is 1. The Hall–Kier alpha value is -3.10. The van der Waals surface area contributed by atoms with Crippen molar-refractivity contribution in [3.05, 3.63) is 34.0 Å². The fraction of sp³-hybridized carbons (Fsp3) is 0.250. The number of aromatic nitrogens is 1. The smallest absolute Gasteiger partial charge is 0.352 e. The molecule has 0 spiro atoms. The second kappa shape index (κ2) is 9.36. The number of carbonyl (C=O) groups is 4. The quantitative estimate of drug-likeness (QED) is 0.221. The van der Waals surface area contributed by atoms with Gasteiger partial charge in [0.15, 0.2) is 10.8 Å². The third-order valence-electron chi connectivity index (χ3n) is 4.07. The average molecular weight is 488 g/mol. The molecule has 1 aromatic heterocycles. The number of rotatable bonds is 8. The number of allylic oxidation sites excluding steroid dienone is 1. The number of fused-ring (bicyclic) bond motifs is 1. The van der Waals surface area contributed by atoms with Crippen LogP contribution in [-0.2, 0) is 24.0 Å². The Morgan fingerprint density at radius 1 is 1.45 bits per heavy atom. The second-order valence-electron chi connectivity index (χ2n) is 6.01. The standard InChI is InChI=1S/C16H14ClN5O7S2/c17-2-1-6-4-30-14-10(13(26)22(14)11(6)15(27)28)20-12(25)9(21-29-3-8(23)24)7-5-31-16(18)19-7/h1-2,5,10,14H,3-4H2,(H2,18,19)(H,20,25)(H,23,24)(H,27,28)/b2-1+,21-9?/t10?,14-/m0/s1. The van der Waals surface area contributed by atoms with Gasteiger partial charge in [0.25, 0.3) is 11.8 Å². The molecule has 0 saturated carbocycles. The number of anilines is 1. The van der Waals surface area contributed by atoms with Gasteiger partial charge in [-0.2, -0.15) is 0 Å². The first kappa shape index (κ1) is 22.6. The molecular formula is C16H14ClN5O7S2. The first-order valence-electron chi connectivity index (χ1n) is 8.36. The van der Waals surface area contributed by atoms with Gasteiger partial charge in [0.2, 0.25) is 6.61 Å². The molecule has 2 amide bonds. The molecule has 31 heavy (non-hydrogen) atoms. The number of amides is 2. The van der Waals surface area contributed by atoms with Crippen molar-refractivity contribution in [1.29, 1.82) is 0 Å². The van der Waals surface area contributed by atoms with E-state index in [4.69, 9.17) is 22.4 Å². The molecule has 2 aliphatic heterocycles. The first-order chi connectivity index (χ1) is 14.7. The lowest BCUT2D eigenvalue weighted by atomic mass is 10.0. The first-order valence-corrected chi connectivity index (χ1v) is 10.7. The van der Waals surface area contributed by atoms with E-state index in [0.717, 1.165) is 21.8 Å². The Labute approximate surface area is 187 Å². The number of halogens is 1. The van der Waals surface area contributed by atoms with Crippen LogP contribution in [0.2, 0.25) is 0 Å². The molecule has 0 aromatic carbocycles. The van der Waals surface area contributed by atoms with Crippen molar-refractivity contribution in [1.82, 2.24) is 15.2 Å². The van der Waals surface area contributed by atoms with Crippen LogP contribution in [0.1, 0.15) is 5.69 Å². The van der Waals surface area contributed by atoms with Gasteiger partial charge >= 0.3 is 11.9 Å². The summed E-state index contributed by atoms with van der Waals surface area (Å²) in [6.07, 6.45) is 1.39. The predicted octanol–water partition coefficient (Wildman–Crippen LogP) is 0.0217. The third-order valence-corrected chi connectivity index (χ3v) is 6.18. The largest absolute Gasteiger partial charge is 0.479 e. The van der Waals surface area contributed by atoms with Crippen molar-refractivity contribution in [2.24, 2.45) is 5.16 Å². The van der Waals surface area contributed by atoms with E-state index in [1.807, 2.05) is 0 Å². The number of carboxylic acids is 2. The van der Waals surface area contributed by atoms with Gasteiger partial charge in [0, 0.05) is 16.7 Å². The molecule has 3 heterocycles. The Balaban J connectivity index is 1.80. The molecule has 164 valence electrons. The summed E-state index contributed by atoms with van der Waals surface area (Å²) in [5.41, 5.74) is 6.54. The third kappa shape index (κ3) is 4.65. The maximum atomic E-state index is 12.8. The molecule has 1 unspecified atom stereocenters. The van der Waals surface area contributed by atoms with E-state index >= 15 is 0 Å². The summed E-state index contributed by atoms with van der Waals surface area (Å²) in [5.74, 6) is -3.83. The predicted molar refractivity (Wildman–Crippen MR) is 111 cm³/mol. The van der Waals surface area contributed by atoms with Crippen LogP contribution in [0.25, 0.3) is 0 Å². The maximum Gasteiger partial charge on any atom is 0.352 e. The van der Waals surface area contributed by atoms with Crippen LogP contribution in [-0.4, -0.2) is 73.3 Å². The molecule has 12 nitrogen and oxygen atoms in total. The number of thiazole rings is 1. The van der Waals surface area contributed by atoms with Crippen molar-refractivity contribution in [2.45, 2.75) is 11.4 Å². The van der Waals surface area contributed by atoms with Crippen LogP contribution >= 0.6 is 34.7 Å². The second-order valence-corrected chi connectivity index (χ2v) is 8.26. The van der Waals surface area contributed by atoms with E-state index in [0.29, 0.717) is 5.57 Å². The Morgan fingerprint density at radius 2 is 2.19 bits per heavy atom. The molecule has 5 N–H and O–H groups in total. The summed E-state index contributed by atoms with van der Waals surface area (Å²) < 4.78 is 0. The molecule has 0 bridgehead atoms. The van der Waals surface area contributed by atoms with Crippen LogP contribution in [0.4, 0.5) is 5.13 Å². The molecule has 0 radical (unpaired) electrons. The average Bonchev–Trinajstić information content (AvgIpc) is 3.14. The van der Waals surface area contributed by atoms with Crippen LogP contribution in [0.15, 0.2) is 33.4 Å². The lowest BCUT2D eigenvalue weighted by molar-refractivity contribution is -0.150. The number of thioether (sulfide) groups is 1. The number of nitrogens with two attached hydrogens (primary N) is 1. The minimum atomic E-state index is -1.31. The van der Waals surface area contributed by atoms with Gasteiger partial charge in [-0.25, -0.2) is 14.6 Å². The number of nitrogen functional groups attached to an aromatic ring is 1. The van der Waals surface area contributed by atoms with Crippen molar-refractivity contribution < 1.29 is 34.2 Å². The number of nitrogens with one attached hydrogen (secondary N) is 1. The van der Waals surface area contributed by atoms with Gasteiger partial charge in [-0.3, -0.25) is 14.5 Å². The van der Waals surface area contributed by atoms with Crippen LogP contribution in [0, 0.1) is 0 Å². The summed E-state index contributed by atoms with van der Waals surface area (Å²) in [5, 5.41) is 25.1. The summed E-state index contributed by atoms with van der Waals surface area (Å²) in [4.78, 5) is 57.3. The summed E-state index contributed by atoms with van der Waals surface area (Å²) in [6.45, 7) is -0.797. The van der Waals surface area contributed by atoms with E-state index in [2.05, 4.69) is 20.3 Å². The molecule has 1 aromatic rings. The Kier molecular flexibility index (Phi) is 6.82. The van der Waals surface area contributed by atoms with Gasteiger partial charge < -0.3 is 26.1 Å². The molecule has 1 saturated heterocycles. The number of carboxylic acid groups (broad SMARTS) is 2. The Bertz CT molecular complexity index is 1040. The highest BCUT2D eigenvalue weighted by atomic mass is 35.5. The monoisotopic (exact) mass is 487 g/mol. The topological polar surface area (TPSA) is 185 Å². The summed E-state index contributed by atoms with van der Waals surface area (Å²) in [7, 11) is 0. The molecule has 2 atom stereocenters. The lowest BCUT2D eigenvalue weighted by Crippen LogP contribution is -2.71. The van der Waals surface area contributed by atoms with Crippen LogP contribution in [0.3, 0.4) is 0 Å². The zero-order valence-electron chi connectivity index (χ0n) is 15.4. The van der Waals surface area contributed by atoms with E-state index in [1.54, 1.807) is 0 Å². The number of hydrogen-bond acceptors (Lipinski definition) is 10. The molecule has 15 heteroatoms. The maximum absolute atomic E-state index is 12.8. The SMILES string of the molecule is Nc1nc(C(=NOCC(=O)O)C(=O)NC2C(=O)N3C(C(=O)O)=C(/C=C/Cl)CS[C@@H]23)cs1. The van der Waals surface area contributed by atoms with E-state index in [9.17, 15) is 24.3 Å². The number of hydrogen-bond donors (Lipinski definition) is 4. The number of oxime groups is 1. The van der Waals surface area contributed by atoms with E-state index < -0.39 is 41.8 Å². The summed E-state index contributed by atoms with van der Waals surface area (Å²) >= 11 is 7.81. The van der Waals surface area contributed by atoms with Crippen LogP contribution in [0.5, 0.6) is 0 Å². The summed E-state index contributed by atoms with van der Waals surface area (Å²) in [6, 6.07) is -1.03.